The summed E-state index contributed by atoms with van der Waals surface area (Å²) in [7, 11) is 0. The lowest BCUT2D eigenvalue weighted by molar-refractivity contribution is 0.0132. The number of rotatable bonds is 1. The molecule has 4 unspecified atom stereocenters. The van der Waals surface area contributed by atoms with Gasteiger partial charge in [0.25, 0.3) is 0 Å². The smallest absolute Gasteiger partial charge is 0.174 e. The van der Waals surface area contributed by atoms with Crippen LogP contribution in [-0.2, 0) is 0 Å². The van der Waals surface area contributed by atoms with Gasteiger partial charge in [0, 0.05) is 19.1 Å². The maximum Gasteiger partial charge on any atom is 0.174 e. The van der Waals surface area contributed by atoms with Crippen molar-refractivity contribution in [2.45, 2.75) is 50.6 Å². The standard InChI is InChI=1S/C22H28FN3S/c23-18-7-1-2-8-19(18)24-22(27)26-11-5-6-15-12-16-13-17(21(15)26)14-25-10-4-3-9-20(16)25/h1-2,7-8,12,16-17,20-21H,3-6,9-11,13-14H2,(H,24,27). The van der Waals surface area contributed by atoms with Gasteiger partial charge in [-0.05, 0) is 74.8 Å². The highest BCUT2D eigenvalue weighted by atomic mass is 32.1. The Labute approximate surface area is 166 Å². The van der Waals surface area contributed by atoms with Gasteiger partial charge < -0.3 is 10.2 Å². The molecular weight excluding hydrogens is 357 g/mol. The van der Waals surface area contributed by atoms with Gasteiger partial charge in [-0.2, -0.15) is 0 Å². The van der Waals surface area contributed by atoms with E-state index in [0.717, 1.165) is 24.9 Å². The van der Waals surface area contributed by atoms with Crippen LogP contribution in [0.4, 0.5) is 10.1 Å². The molecule has 0 aromatic heterocycles. The minimum absolute atomic E-state index is 0.245. The van der Waals surface area contributed by atoms with Crippen LogP contribution in [0, 0.1) is 17.7 Å². The molecule has 3 heterocycles. The summed E-state index contributed by atoms with van der Waals surface area (Å²) in [5, 5.41) is 3.86. The van der Waals surface area contributed by atoms with Crippen molar-refractivity contribution in [1.29, 1.82) is 0 Å². The van der Waals surface area contributed by atoms with Gasteiger partial charge in [-0.3, -0.25) is 4.90 Å². The van der Waals surface area contributed by atoms with Gasteiger partial charge in [-0.1, -0.05) is 30.2 Å². The second-order valence-electron chi connectivity index (χ2n) is 8.61. The second-order valence-corrected chi connectivity index (χ2v) is 9.00. The maximum atomic E-state index is 14.1. The van der Waals surface area contributed by atoms with E-state index in [9.17, 15) is 4.39 Å². The molecule has 0 saturated carbocycles. The zero-order valence-electron chi connectivity index (χ0n) is 15.7. The average molecular weight is 386 g/mol. The van der Waals surface area contributed by atoms with E-state index in [2.05, 4.69) is 21.2 Å². The van der Waals surface area contributed by atoms with Crippen molar-refractivity contribution in [1.82, 2.24) is 9.80 Å². The summed E-state index contributed by atoms with van der Waals surface area (Å²) >= 11 is 5.75. The van der Waals surface area contributed by atoms with Gasteiger partial charge >= 0.3 is 0 Å². The fourth-order valence-electron chi connectivity index (χ4n) is 5.95. The summed E-state index contributed by atoms with van der Waals surface area (Å²) in [6.45, 7) is 3.42. The van der Waals surface area contributed by atoms with E-state index in [4.69, 9.17) is 12.2 Å². The molecule has 5 heteroatoms. The molecule has 2 bridgehead atoms. The second kappa shape index (κ2) is 7.17. The molecule has 3 saturated heterocycles. The van der Waals surface area contributed by atoms with Crippen LogP contribution in [-0.4, -0.2) is 46.6 Å². The first-order chi connectivity index (χ1) is 13.2. The van der Waals surface area contributed by atoms with E-state index >= 15 is 0 Å². The highest BCUT2D eigenvalue weighted by Crippen LogP contribution is 2.45. The largest absolute Gasteiger partial charge is 0.342 e. The molecule has 0 spiro atoms. The molecule has 1 aromatic carbocycles. The number of fused-ring (bicyclic) bond motifs is 6. The summed E-state index contributed by atoms with van der Waals surface area (Å²) in [6, 6.07) is 7.96. The first-order valence-corrected chi connectivity index (χ1v) is 10.9. The number of likely N-dealkylation sites (tertiary alicyclic amines) is 1. The van der Waals surface area contributed by atoms with E-state index in [-0.39, 0.29) is 5.82 Å². The number of hydrogen-bond donors (Lipinski definition) is 1. The molecular formula is C22H28FN3S. The Morgan fingerprint density at radius 2 is 2.04 bits per heavy atom. The average Bonchev–Trinajstić information content (AvgIpc) is 2.69. The quantitative estimate of drug-likeness (QED) is 0.570. The van der Waals surface area contributed by atoms with Crippen molar-refractivity contribution in [2.24, 2.45) is 11.8 Å². The maximum absolute atomic E-state index is 14.1. The van der Waals surface area contributed by atoms with Crippen molar-refractivity contribution >= 4 is 23.0 Å². The van der Waals surface area contributed by atoms with Crippen molar-refractivity contribution in [3.63, 3.8) is 0 Å². The van der Waals surface area contributed by atoms with Gasteiger partial charge in [0.05, 0.1) is 11.7 Å². The fraction of sp³-hybridized carbons (Fsp3) is 0.591. The van der Waals surface area contributed by atoms with Crippen LogP contribution < -0.4 is 5.32 Å². The van der Waals surface area contributed by atoms with Gasteiger partial charge in [0.15, 0.2) is 5.11 Å². The van der Waals surface area contributed by atoms with Crippen LogP contribution >= 0.6 is 12.2 Å². The Morgan fingerprint density at radius 3 is 2.93 bits per heavy atom. The Hall–Kier alpha value is -1.46. The summed E-state index contributed by atoms with van der Waals surface area (Å²) in [5.41, 5.74) is 2.07. The van der Waals surface area contributed by atoms with E-state index in [0.29, 0.717) is 22.8 Å². The zero-order valence-corrected chi connectivity index (χ0v) is 16.6. The molecule has 1 aliphatic carbocycles. The first kappa shape index (κ1) is 17.6. The lowest BCUT2D eigenvalue weighted by Gasteiger charge is -2.55. The monoisotopic (exact) mass is 385 g/mol. The number of anilines is 1. The van der Waals surface area contributed by atoms with Crippen molar-refractivity contribution < 1.29 is 4.39 Å². The zero-order chi connectivity index (χ0) is 18.4. The van der Waals surface area contributed by atoms with Crippen LogP contribution in [0.5, 0.6) is 0 Å². The summed E-state index contributed by atoms with van der Waals surface area (Å²) in [4.78, 5) is 5.10. The number of piperidine rings is 3. The number of hydrogen-bond acceptors (Lipinski definition) is 2. The van der Waals surface area contributed by atoms with Crippen LogP contribution in [0.3, 0.4) is 0 Å². The number of nitrogens with zero attached hydrogens (tertiary/aromatic N) is 2. The molecule has 144 valence electrons. The Kier molecular flexibility index (Phi) is 4.68. The third kappa shape index (κ3) is 3.19. The Bertz CT molecular complexity index is 764. The summed E-state index contributed by atoms with van der Waals surface area (Å²) < 4.78 is 14.1. The lowest BCUT2D eigenvalue weighted by atomic mass is 9.68. The van der Waals surface area contributed by atoms with E-state index < -0.39 is 0 Å². The van der Waals surface area contributed by atoms with Crippen LogP contribution in [0.15, 0.2) is 35.9 Å². The minimum Gasteiger partial charge on any atom is -0.342 e. The highest BCUT2D eigenvalue weighted by Gasteiger charge is 2.46. The molecule has 4 aliphatic rings. The number of benzene rings is 1. The molecule has 1 aromatic rings. The molecule has 4 atom stereocenters. The molecule has 1 N–H and O–H groups in total. The van der Waals surface area contributed by atoms with Crippen molar-refractivity contribution in [2.75, 3.05) is 25.0 Å². The predicted octanol–water partition coefficient (Wildman–Crippen LogP) is 4.42. The lowest BCUT2D eigenvalue weighted by Crippen LogP contribution is -2.60. The molecule has 3 fully saturated rings. The van der Waals surface area contributed by atoms with Crippen LogP contribution in [0.1, 0.15) is 38.5 Å². The van der Waals surface area contributed by atoms with Crippen LogP contribution in [0.25, 0.3) is 0 Å². The van der Waals surface area contributed by atoms with E-state index in [1.54, 1.807) is 17.7 Å². The SMILES string of the molecule is Fc1ccccc1NC(=S)N1CCCC2=CC3CC(CN4CCCCC34)C21. The summed E-state index contributed by atoms with van der Waals surface area (Å²) in [5.74, 6) is 1.12. The number of thiocarbonyl (C=S) groups is 1. The molecule has 0 amide bonds. The first-order valence-electron chi connectivity index (χ1n) is 10.5. The molecule has 3 nitrogen and oxygen atoms in total. The number of nitrogens with one attached hydrogen (secondary N) is 1. The Balaban J connectivity index is 1.40. The normalized spacial score (nSPS) is 32.9. The predicted molar refractivity (Wildman–Crippen MR) is 111 cm³/mol. The molecule has 0 radical (unpaired) electrons. The number of halogens is 1. The van der Waals surface area contributed by atoms with Crippen LogP contribution in [0.2, 0.25) is 0 Å². The highest BCUT2D eigenvalue weighted by molar-refractivity contribution is 7.80. The van der Waals surface area contributed by atoms with Crippen molar-refractivity contribution in [3.05, 3.63) is 41.7 Å². The number of para-hydroxylation sites is 1. The Morgan fingerprint density at radius 1 is 1.15 bits per heavy atom. The van der Waals surface area contributed by atoms with E-state index in [1.165, 1.54) is 51.3 Å². The fourth-order valence-corrected chi connectivity index (χ4v) is 6.27. The summed E-state index contributed by atoms with van der Waals surface area (Å²) in [6.07, 6.45) is 10.3. The van der Waals surface area contributed by atoms with E-state index in [1.807, 2.05) is 6.07 Å². The van der Waals surface area contributed by atoms with Gasteiger partial charge in [0.2, 0.25) is 0 Å². The topological polar surface area (TPSA) is 18.5 Å². The van der Waals surface area contributed by atoms with Gasteiger partial charge in [0.1, 0.15) is 5.82 Å². The minimum atomic E-state index is -0.245. The van der Waals surface area contributed by atoms with Crippen molar-refractivity contribution in [3.8, 4) is 0 Å². The third-order valence-corrected chi connectivity index (χ3v) is 7.37. The third-order valence-electron chi connectivity index (χ3n) is 7.03. The van der Waals surface area contributed by atoms with Gasteiger partial charge in [-0.15, -0.1) is 0 Å². The molecule has 27 heavy (non-hydrogen) atoms. The molecule has 3 aliphatic heterocycles. The van der Waals surface area contributed by atoms with Gasteiger partial charge in [-0.25, -0.2) is 4.39 Å². The molecule has 5 rings (SSSR count).